The number of carbonyl (C=O) groups excluding carboxylic acids is 2. The standard InChI is InChI=1S/C25H20ClFN2O3/c1-15-11-12-17(26)13-20(15)28-23-22(18-8-4-6-10-21(18)32-2)24(30)29(25(23)31)14-16-7-3-5-9-19(16)27/h3-13,28H,14H2,1-2H3. The highest BCUT2D eigenvalue weighted by molar-refractivity contribution is 6.37. The van der Waals surface area contributed by atoms with Crippen molar-refractivity contribution in [2.75, 3.05) is 12.4 Å². The van der Waals surface area contributed by atoms with Crippen molar-refractivity contribution < 1.29 is 18.7 Å². The Kier molecular flexibility index (Phi) is 5.97. The highest BCUT2D eigenvalue weighted by Gasteiger charge is 2.40. The van der Waals surface area contributed by atoms with Crippen LogP contribution in [0.3, 0.4) is 0 Å². The zero-order valence-electron chi connectivity index (χ0n) is 17.5. The molecule has 1 aliphatic rings. The SMILES string of the molecule is COc1ccccc1C1=C(Nc2cc(Cl)ccc2C)C(=O)N(Cc2ccccc2F)C1=O. The number of imide groups is 1. The highest BCUT2D eigenvalue weighted by Crippen LogP contribution is 2.36. The number of ether oxygens (including phenoxy) is 1. The van der Waals surface area contributed by atoms with Crippen LogP contribution < -0.4 is 10.1 Å². The van der Waals surface area contributed by atoms with Gasteiger partial charge in [0.2, 0.25) is 0 Å². The zero-order valence-corrected chi connectivity index (χ0v) is 18.2. The maximum atomic E-state index is 14.3. The number of rotatable bonds is 6. The molecule has 0 atom stereocenters. The van der Waals surface area contributed by atoms with Gasteiger partial charge in [0, 0.05) is 21.8 Å². The summed E-state index contributed by atoms with van der Waals surface area (Å²) in [6.45, 7) is 1.67. The van der Waals surface area contributed by atoms with Crippen LogP contribution in [0.25, 0.3) is 5.57 Å². The lowest BCUT2D eigenvalue weighted by atomic mass is 10.0. The molecule has 0 saturated heterocycles. The minimum absolute atomic E-state index is 0.0844. The Morgan fingerprint density at radius 3 is 2.47 bits per heavy atom. The smallest absolute Gasteiger partial charge is 0.278 e. The number of aryl methyl sites for hydroxylation is 1. The van der Waals surface area contributed by atoms with Gasteiger partial charge in [0.25, 0.3) is 11.8 Å². The van der Waals surface area contributed by atoms with Crippen molar-refractivity contribution in [3.63, 3.8) is 0 Å². The van der Waals surface area contributed by atoms with E-state index in [1.807, 2.05) is 13.0 Å². The molecule has 3 aromatic carbocycles. The van der Waals surface area contributed by atoms with E-state index in [1.165, 1.54) is 13.2 Å². The van der Waals surface area contributed by atoms with Crippen molar-refractivity contribution in [3.8, 4) is 5.75 Å². The van der Waals surface area contributed by atoms with Crippen LogP contribution in [0.15, 0.2) is 72.4 Å². The number of anilines is 1. The molecular formula is C25H20ClFN2O3. The lowest BCUT2D eigenvalue weighted by molar-refractivity contribution is -0.137. The van der Waals surface area contributed by atoms with Gasteiger partial charge in [-0.2, -0.15) is 0 Å². The molecule has 0 unspecified atom stereocenters. The second-order valence-electron chi connectivity index (χ2n) is 7.32. The molecule has 5 nitrogen and oxygen atoms in total. The largest absolute Gasteiger partial charge is 0.496 e. The molecule has 162 valence electrons. The fourth-order valence-electron chi connectivity index (χ4n) is 3.60. The van der Waals surface area contributed by atoms with Crippen molar-refractivity contribution in [1.82, 2.24) is 4.90 Å². The van der Waals surface area contributed by atoms with Gasteiger partial charge in [0.1, 0.15) is 17.3 Å². The molecule has 0 bridgehead atoms. The number of para-hydroxylation sites is 1. The van der Waals surface area contributed by atoms with Gasteiger partial charge in [-0.25, -0.2) is 4.39 Å². The van der Waals surface area contributed by atoms with Crippen LogP contribution in [0.1, 0.15) is 16.7 Å². The molecule has 1 heterocycles. The molecule has 1 aliphatic heterocycles. The third-order valence-electron chi connectivity index (χ3n) is 5.29. The molecular weight excluding hydrogens is 431 g/mol. The van der Waals surface area contributed by atoms with E-state index >= 15 is 0 Å². The van der Waals surface area contributed by atoms with E-state index in [4.69, 9.17) is 16.3 Å². The van der Waals surface area contributed by atoms with Gasteiger partial charge in [0.15, 0.2) is 0 Å². The van der Waals surface area contributed by atoms with E-state index in [9.17, 15) is 14.0 Å². The van der Waals surface area contributed by atoms with E-state index in [-0.39, 0.29) is 23.4 Å². The van der Waals surface area contributed by atoms with Crippen molar-refractivity contribution in [2.45, 2.75) is 13.5 Å². The number of carbonyl (C=O) groups is 2. The Morgan fingerprint density at radius 1 is 1.00 bits per heavy atom. The summed E-state index contributed by atoms with van der Waals surface area (Å²) in [5.41, 5.74) is 2.38. The van der Waals surface area contributed by atoms with Gasteiger partial charge >= 0.3 is 0 Å². The van der Waals surface area contributed by atoms with Gasteiger partial charge in [0.05, 0.1) is 19.2 Å². The molecule has 4 rings (SSSR count). The van der Waals surface area contributed by atoms with Gasteiger partial charge in [-0.05, 0) is 36.8 Å². The molecule has 3 aromatic rings. The van der Waals surface area contributed by atoms with Crippen LogP contribution in [0.5, 0.6) is 5.75 Å². The first kappa shape index (κ1) is 21.6. The second kappa shape index (κ2) is 8.85. The predicted octanol–water partition coefficient (Wildman–Crippen LogP) is 5.19. The Bertz CT molecular complexity index is 1260. The van der Waals surface area contributed by atoms with Crippen molar-refractivity contribution in [3.05, 3.63) is 100.0 Å². The molecule has 1 N–H and O–H groups in total. The number of hydrogen-bond donors (Lipinski definition) is 1. The molecule has 0 aliphatic carbocycles. The summed E-state index contributed by atoms with van der Waals surface area (Å²) < 4.78 is 19.7. The van der Waals surface area contributed by atoms with Gasteiger partial charge in [-0.3, -0.25) is 14.5 Å². The zero-order chi connectivity index (χ0) is 22.8. The number of amides is 2. The first-order valence-electron chi connectivity index (χ1n) is 9.91. The average molecular weight is 451 g/mol. The number of methoxy groups -OCH3 is 1. The molecule has 0 fully saturated rings. The van der Waals surface area contributed by atoms with Crippen molar-refractivity contribution in [2.24, 2.45) is 0 Å². The van der Waals surface area contributed by atoms with E-state index in [1.54, 1.807) is 54.6 Å². The third kappa shape index (κ3) is 3.97. The fourth-order valence-corrected chi connectivity index (χ4v) is 3.77. The Labute approximate surface area is 190 Å². The molecule has 0 saturated carbocycles. The lowest BCUT2D eigenvalue weighted by Crippen LogP contribution is -2.32. The van der Waals surface area contributed by atoms with Crippen LogP contribution in [0.4, 0.5) is 10.1 Å². The quantitative estimate of drug-likeness (QED) is 0.525. The van der Waals surface area contributed by atoms with Crippen LogP contribution in [-0.4, -0.2) is 23.8 Å². The van der Waals surface area contributed by atoms with Gasteiger partial charge in [-0.1, -0.05) is 54.1 Å². The number of halogens is 2. The van der Waals surface area contributed by atoms with Crippen LogP contribution in [0.2, 0.25) is 5.02 Å². The maximum Gasteiger partial charge on any atom is 0.278 e. The average Bonchev–Trinajstić information content (AvgIpc) is 3.01. The highest BCUT2D eigenvalue weighted by atomic mass is 35.5. The molecule has 0 spiro atoms. The van der Waals surface area contributed by atoms with Crippen molar-refractivity contribution >= 4 is 34.7 Å². The molecule has 2 amide bonds. The van der Waals surface area contributed by atoms with Crippen molar-refractivity contribution in [1.29, 1.82) is 0 Å². The lowest BCUT2D eigenvalue weighted by Gasteiger charge is -2.16. The normalized spacial score (nSPS) is 13.7. The number of benzene rings is 3. The Balaban J connectivity index is 1.82. The first-order valence-corrected chi connectivity index (χ1v) is 10.3. The Morgan fingerprint density at radius 2 is 1.72 bits per heavy atom. The van der Waals surface area contributed by atoms with E-state index < -0.39 is 17.6 Å². The number of nitrogens with one attached hydrogen (secondary N) is 1. The van der Waals surface area contributed by atoms with Crippen LogP contribution in [-0.2, 0) is 16.1 Å². The van der Waals surface area contributed by atoms with Gasteiger partial charge in [-0.15, -0.1) is 0 Å². The summed E-state index contributed by atoms with van der Waals surface area (Å²) in [6.07, 6.45) is 0. The number of nitrogens with zero attached hydrogens (tertiary/aromatic N) is 1. The maximum absolute atomic E-state index is 14.3. The van der Waals surface area contributed by atoms with Crippen LogP contribution >= 0.6 is 11.6 Å². The monoisotopic (exact) mass is 450 g/mol. The second-order valence-corrected chi connectivity index (χ2v) is 7.76. The molecule has 0 aromatic heterocycles. The molecule has 7 heteroatoms. The summed E-state index contributed by atoms with van der Waals surface area (Å²) in [4.78, 5) is 27.9. The summed E-state index contributed by atoms with van der Waals surface area (Å²) in [5, 5.41) is 3.58. The summed E-state index contributed by atoms with van der Waals surface area (Å²) in [7, 11) is 1.49. The first-order chi connectivity index (χ1) is 15.4. The van der Waals surface area contributed by atoms with Crippen LogP contribution in [0, 0.1) is 12.7 Å². The van der Waals surface area contributed by atoms with E-state index in [0.29, 0.717) is 22.0 Å². The minimum atomic E-state index is -0.557. The third-order valence-corrected chi connectivity index (χ3v) is 5.53. The predicted molar refractivity (Wildman–Crippen MR) is 122 cm³/mol. The Hall–Kier alpha value is -3.64. The minimum Gasteiger partial charge on any atom is -0.496 e. The topological polar surface area (TPSA) is 58.6 Å². The summed E-state index contributed by atoms with van der Waals surface area (Å²) in [5.74, 6) is -1.14. The summed E-state index contributed by atoms with van der Waals surface area (Å²) >= 11 is 6.14. The summed E-state index contributed by atoms with van der Waals surface area (Å²) in [6, 6.07) is 18.2. The fraction of sp³-hybridized carbons (Fsp3) is 0.120. The molecule has 0 radical (unpaired) electrons. The van der Waals surface area contributed by atoms with E-state index in [2.05, 4.69) is 5.32 Å². The number of hydrogen-bond acceptors (Lipinski definition) is 4. The molecule has 32 heavy (non-hydrogen) atoms. The van der Waals surface area contributed by atoms with E-state index in [0.717, 1.165) is 10.5 Å². The van der Waals surface area contributed by atoms with Gasteiger partial charge < -0.3 is 10.1 Å².